The summed E-state index contributed by atoms with van der Waals surface area (Å²) in [6.45, 7) is 4.56. The maximum absolute atomic E-state index is 11.2. The van der Waals surface area contributed by atoms with Gasteiger partial charge in [0.25, 0.3) is 0 Å². The molecule has 1 aliphatic heterocycles. The van der Waals surface area contributed by atoms with Crippen LogP contribution in [0.25, 0.3) is 0 Å². The predicted octanol–water partition coefficient (Wildman–Crippen LogP) is -0.273. The van der Waals surface area contributed by atoms with Crippen LogP contribution in [0.15, 0.2) is 12.5 Å². The van der Waals surface area contributed by atoms with Crippen LogP contribution in [0.3, 0.4) is 0 Å². The molecule has 0 radical (unpaired) electrons. The molecule has 1 aromatic heterocycles. The number of amides is 1. The highest BCUT2D eigenvalue weighted by atomic mass is 16.2. The Labute approximate surface area is 94.1 Å². The number of carbonyl (C=O) groups excluding carboxylic acids is 1. The first-order chi connectivity index (χ1) is 7.68. The van der Waals surface area contributed by atoms with Crippen LogP contribution in [-0.4, -0.2) is 47.0 Å². The maximum Gasteiger partial charge on any atom is 0.219 e. The lowest BCUT2D eigenvalue weighted by molar-refractivity contribution is -0.129. The third kappa shape index (κ3) is 2.05. The van der Waals surface area contributed by atoms with Crippen molar-refractivity contribution in [1.29, 1.82) is 0 Å². The van der Waals surface area contributed by atoms with Gasteiger partial charge in [0.2, 0.25) is 5.91 Å². The average molecular weight is 221 g/mol. The minimum absolute atomic E-state index is 0.121. The Bertz CT molecular complexity index is 387. The fourth-order valence-electron chi connectivity index (χ4n) is 1.83. The summed E-state index contributed by atoms with van der Waals surface area (Å²) in [5.74, 6) is 0.883. The summed E-state index contributed by atoms with van der Waals surface area (Å²) in [5, 5.41) is 0. The molecule has 1 fully saturated rings. The first kappa shape index (κ1) is 10.7. The molecule has 0 saturated carbocycles. The minimum atomic E-state index is 0.121. The van der Waals surface area contributed by atoms with Crippen LogP contribution in [-0.2, 0) is 4.79 Å². The van der Waals surface area contributed by atoms with Crippen molar-refractivity contribution >= 4 is 17.4 Å². The van der Waals surface area contributed by atoms with Crippen LogP contribution >= 0.6 is 0 Å². The van der Waals surface area contributed by atoms with Crippen molar-refractivity contribution in [3.8, 4) is 0 Å². The Hall–Kier alpha value is -1.85. The molecule has 6 nitrogen and oxygen atoms in total. The molecular weight excluding hydrogens is 206 g/mol. The lowest BCUT2D eigenvalue weighted by atomic mass is 10.3. The van der Waals surface area contributed by atoms with Crippen LogP contribution in [0.2, 0.25) is 0 Å². The van der Waals surface area contributed by atoms with E-state index in [-0.39, 0.29) is 5.91 Å². The smallest absolute Gasteiger partial charge is 0.219 e. The summed E-state index contributed by atoms with van der Waals surface area (Å²) in [7, 11) is 0. The Balaban J connectivity index is 2.05. The van der Waals surface area contributed by atoms with Gasteiger partial charge in [-0.25, -0.2) is 9.97 Å². The van der Waals surface area contributed by atoms with E-state index in [0.29, 0.717) is 5.69 Å². The number of hydrogen-bond donors (Lipinski definition) is 1. The molecule has 6 heteroatoms. The number of piperazine rings is 1. The summed E-state index contributed by atoms with van der Waals surface area (Å²) in [4.78, 5) is 23.1. The molecule has 1 aliphatic rings. The number of carbonyl (C=O) groups is 1. The molecular formula is C10H15N5O. The topological polar surface area (TPSA) is 75.4 Å². The van der Waals surface area contributed by atoms with E-state index in [0.717, 1.165) is 32.0 Å². The number of hydrogen-bond acceptors (Lipinski definition) is 5. The fraction of sp³-hybridized carbons (Fsp3) is 0.500. The van der Waals surface area contributed by atoms with Gasteiger partial charge in [-0.2, -0.15) is 0 Å². The normalized spacial score (nSPS) is 16.3. The molecule has 16 heavy (non-hydrogen) atoms. The Morgan fingerprint density at radius 2 is 2.06 bits per heavy atom. The zero-order chi connectivity index (χ0) is 11.5. The Morgan fingerprint density at radius 3 is 2.62 bits per heavy atom. The van der Waals surface area contributed by atoms with Crippen LogP contribution < -0.4 is 10.6 Å². The molecule has 2 rings (SSSR count). The van der Waals surface area contributed by atoms with Gasteiger partial charge in [0, 0.05) is 33.1 Å². The zero-order valence-corrected chi connectivity index (χ0v) is 9.26. The van der Waals surface area contributed by atoms with Gasteiger partial charge in [0.1, 0.15) is 6.33 Å². The van der Waals surface area contributed by atoms with Crippen molar-refractivity contribution in [3.05, 3.63) is 12.5 Å². The van der Waals surface area contributed by atoms with Gasteiger partial charge < -0.3 is 15.5 Å². The molecule has 2 heterocycles. The van der Waals surface area contributed by atoms with Gasteiger partial charge in [-0.3, -0.25) is 4.79 Å². The lowest BCUT2D eigenvalue weighted by Gasteiger charge is -2.35. The second-order valence-corrected chi connectivity index (χ2v) is 3.79. The maximum atomic E-state index is 11.2. The molecule has 1 saturated heterocycles. The van der Waals surface area contributed by atoms with E-state index in [1.165, 1.54) is 6.33 Å². The molecule has 0 bridgehead atoms. The standard InChI is InChI=1S/C10H15N5O/c1-8(16)14-2-4-15(5-3-14)10-9(11)6-12-7-13-10/h6-7H,2-5,11H2,1H3. The van der Waals surface area contributed by atoms with Crippen molar-refractivity contribution in [2.24, 2.45) is 0 Å². The monoisotopic (exact) mass is 221 g/mol. The van der Waals surface area contributed by atoms with Gasteiger partial charge in [0.15, 0.2) is 5.82 Å². The first-order valence-corrected chi connectivity index (χ1v) is 5.24. The van der Waals surface area contributed by atoms with E-state index in [4.69, 9.17) is 5.73 Å². The third-order valence-corrected chi connectivity index (χ3v) is 2.74. The van der Waals surface area contributed by atoms with Crippen LogP contribution in [0.5, 0.6) is 0 Å². The molecule has 1 aromatic rings. The summed E-state index contributed by atoms with van der Waals surface area (Å²) in [6, 6.07) is 0. The molecule has 0 aliphatic carbocycles. The number of nitrogen functional groups attached to an aromatic ring is 1. The van der Waals surface area contributed by atoms with E-state index in [1.54, 1.807) is 13.1 Å². The number of aromatic nitrogens is 2. The average Bonchev–Trinajstić information content (AvgIpc) is 2.30. The zero-order valence-electron chi connectivity index (χ0n) is 9.26. The fourth-order valence-corrected chi connectivity index (χ4v) is 1.83. The van der Waals surface area contributed by atoms with Crippen molar-refractivity contribution in [1.82, 2.24) is 14.9 Å². The summed E-state index contributed by atoms with van der Waals surface area (Å²) in [5.41, 5.74) is 6.38. The van der Waals surface area contributed by atoms with Crippen LogP contribution in [0, 0.1) is 0 Å². The molecule has 2 N–H and O–H groups in total. The van der Waals surface area contributed by atoms with E-state index in [2.05, 4.69) is 14.9 Å². The molecule has 1 amide bonds. The van der Waals surface area contributed by atoms with E-state index in [9.17, 15) is 4.79 Å². The Kier molecular flexibility index (Phi) is 2.89. The summed E-state index contributed by atoms with van der Waals surface area (Å²) in [6.07, 6.45) is 3.09. The highest BCUT2D eigenvalue weighted by Gasteiger charge is 2.20. The number of anilines is 2. The van der Waals surface area contributed by atoms with E-state index >= 15 is 0 Å². The predicted molar refractivity (Wildman–Crippen MR) is 60.9 cm³/mol. The SMILES string of the molecule is CC(=O)N1CCN(c2ncncc2N)CC1. The number of rotatable bonds is 1. The van der Waals surface area contributed by atoms with Crippen molar-refractivity contribution < 1.29 is 4.79 Å². The molecule has 86 valence electrons. The molecule has 0 atom stereocenters. The van der Waals surface area contributed by atoms with Crippen molar-refractivity contribution in [3.63, 3.8) is 0 Å². The highest BCUT2D eigenvalue weighted by molar-refractivity contribution is 5.73. The van der Waals surface area contributed by atoms with Crippen molar-refractivity contribution in [2.45, 2.75) is 6.92 Å². The lowest BCUT2D eigenvalue weighted by Crippen LogP contribution is -2.48. The molecule has 0 aromatic carbocycles. The van der Waals surface area contributed by atoms with Crippen molar-refractivity contribution in [2.75, 3.05) is 36.8 Å². The van der Waals surface area contributed by atoms with Gasteiger partial charge in [-0.05, 0) is 0 Å². The summed E-state index contributed by atoms with van der Waals surface area (Å²) < 4.78 is 0. The molecule has 0 unspecified atom stereocenters. The Morgan fingerprint density at radius 1 is 1.38 bits per heavy atom. The van der Waals surface area contributed by atoms with Gasteiger partial charge in [-0.15, -0.1) is 0 Å². The largest absolute Gasteiger partial charge is 0.394 e. The van der Waals surface area contributed by atoms with Gasteiger partial charge >= 0.3 is 0 Å². The second-order valence-electron chi connectivity index (χ2n) is 3.79. The first-order valence-electron chi connectivity index (χ1n) is 5.24. The van der Waals surface area contributed by atoms with Gasteiger partial charge in [-0.1, -0.05) is 0 Å². The number of nitrogens with zero attached hydrogens (tertiary/aromatic N) is 4. The second kappa shape index (κ2) is 4.34. The van der Waals surface area contributed by atoms with Gasteiger partial charge in [0.05, 0.1) is 11.9 Å². The van der Waals surface area contributed by atoms with Crippen LogP contribution in [0.4, 0.5) is 11.5 Å². The van der Waals surface area contributed by atoms with Crippen LogP contribution in [0.1, 0.15) is 6.92 Å². The van der Waals surface area contributed by atoms with E-state index in [1.807, 2.05) is 4.90 Å². The quantitative estimate of drug-likeness (QED) is 0.706. The van der Waals surface area contributed by atoms with E-state index < -0.39 is 0 Å². The third-order valence-electron chi connectivity index (χ3n) is 2.74. The molecule has 0 spiro atoms. The highest BCUT2D eigenvalue weighted by Crippen LogP contribution is 2.19. The number of nitrogens with two attached hydrogens (primary N) is 1. The summed E-state index contributed by atoms with van der Waals surface area (Å²) >= 11 is 0. The minimum Gasteiger partial charge on any atom is -0.394 e.